The summed E-state index contributed by atoms with van der Waals surface area (Å²) in [7, 11) is -7.62. The Hall–Kier alpha value is -5.92. The molecular weight excluding hydrogens is 1260 g/mol. The highest BCUT2D eigenvalue weighted by Gasteiger charge is 2.43. The Bertz CT molecular complexity index is 3270. The molecule has 28 heteroatoms. The summed E-state index contributed by atoms with van der Waals surface area (Å²) in [4.78, 5) is 34.0. The quantitative estimate of drug-likeness (QED) is 0.0353. The summed E-state index contributed by atoms with van der Waals surface area (Å²) in [6.45, 7) is 16.1. The number of nitriles is 2. The Labute approximate surface area is 550 Å². The number of unbranched alkanes of at least 4 members (excludes halogenated alkanes) is 1. The van der Waals surface area contributed by atoms with Crippen molar-refractivity contribution in [2.45, 2.75) is 111 Å². The predicted molar refractivity (Wildman–Crippen MR) is 349 cm³/mol. The van der Waals surface area contributed by atoms with Crippen molar-refractivity contribution < 1.29 is 45.4 Å². The Morgan fingerprint density at radius 1 is 0.565 bits per heavy atom. The maximum Gasteiger partial charge on any atom is 0.314 e. The van der Waals surface area contributed by atoms with Crippen molar-refractivity contribution in [3.8, 4) is 23.6 Å². The molecule has 4 aromatic rings. The first kappa shape index (κ1) is 68.9. The third-order valence-corrected chi connectivity index (χ3v) is 21.5. The van der Waals surface area contributed by atoms with Gasteiger partial charge in [0.15, 0.2) is 0 Å². The standard InChI is InChI=1S/C64H86Cl2N14O10S2/c1-43-39-79(23-17-69-43)59-35-55-45(37-67)31-47(65)33-57(55)61(59)89-51-5-9-53(10-6-51)91(83,84)75-49-13-21-77(41-49)25-29-87-27-19-73-63(81)71-15-3-4-16-72-64(82)74-20-28-88-30-26-78-22-14-50(42-78)76-92(85,86)54-11-7-52(8-12-54)90-62-58-34-48(66)32-46(38-68)56(58)36-60(62)80-24-18-70-44(2)40-80/h5-12,31-34,43-44,49-50,59-62,69-70,75-76H,3-4,13-30,35-36,39-42H2,1-2H3,(H2,71,73,81)(H2,72,74,82)/t43-,44-,49+,50+,59-,60-,61-,62-/m0/s1. The number of urea groups is 2. The fourth-order valence-corrected chi connectivity index (χ4v) is 16.3. The topological polar surface area (TPSA) is 296 Å². The summed E-state index contributed by atoms with van der Waals surface area (Å²) in [5.74, 6) is 1.05. The van der Waals surface area contributed by atoms with E-state index in [0.29, 0.717) is 175 Å². The molecule has 8 atom stereocenters. The molecule has 0 radical (unpaired) electrons. The van der Waals surface area contributed by atoms with E-state index in [1.807, 2.05) is 12.1 Å². The fraction of sp³-hybridized carbons (Fsp3) is 0.562. The van der Waals surface area contributed by atoms with Crippen molar-refractivity contribution in [3.63, 3.8) is 0 Å². The lowest BCUT2D eigenvalue weighted by Crippen LogP contribution is -2.54. The number of hydrogen-bond acceptors (Lipinski definition) is 18. The molecule has 4 amide bonds. The van der Waals surface area contributed by atoms with Gasteiger partial charge in [-0.05, 0) is 161 Å². The third-order valence-electron chi connectivity index (χ3n) is 17.9. The van der Waals surface area contributed by atoms with E-state index in [4.69, 9.17) is 42.1 Å². The molecule has 0 saturated carbocycles. The van der Waals surface area contributed by atoms with E-state index < -0.39 is 20.0 Å². The number of piperazine rings is 2. The number of fused-ring (bicyclic) bond motifs is 2. The number of rotatable bonds is 29. The van der Waals surface area contributed by atoms with Crippen LogP contribution in [0.2, 0.25) is 10.0 Å². The number of carbonyl (C=O) groups excluding carboxylic acids is 2. The van der Waals surface area contributed by atoms with E-state index in [1.54, 1.807) is 60.7 Å². The van der Waals surface area contributed by atoms with Crippen molar-refractivity contribution in [1.29, 1.82) is 10.5 Å². The largest absolute Gasteiger partial charge is 0.484 e. The van der Waals surface area contributed by atoms with Gasteiger partial charge in [0.05, 0.1) is 71.6 Å². The maximum absolute atomic E-state index is 13.5. The summed E-state index contributed by atoms with van der Waals surface area (Å²) in [6.07, 6.45) is 3.18. The van der Waals surface area contributed by atoms with Gasteiger partial charge in [0, 0.05) is 126 Å². The Morgan fingerprint density at radius 2 is 0.967 bits per heavy atom. The molecule has 0 spiro atoms. The van der Waals surface area contributed by atoms with Gasteiger partial charge in [0.1, 0.15) is 23.7 Å². The van der Waals surface area contributed by atoms with Crippen molar-refractivity contribution in [2.75, 3.05) is 131 Å². The van der Waals surface area contributed by atoms with Crippen LogP contribution in [0.25, 0.3) is 0 Å². The van der Waals surface area contributed by atoms with Gasteiger partial charge in [0.2, 0.25) is 20.0 Å². The number of benzene rings is 4. The number of carbonyl (C=O) groups is 2. The number of hydrogen-bond donors (Lipinski definition) is 8. The minimum atomic E-state index is -3.81. The van der Waals surface area contributed by atoms with Crippen LogP contribution in [0.5, 0.6) is 11.5 Å². The summed E-state index contributed by atoms with van der Waals surface area (Å²) in [5.41, 5.74) is 4.75. The fourth-order valence-electron chi connectivity index (χ4n) is 13.3. The number of ether oxygens (including phenoxy) is 4. The average molecular weight is 1350 g/mol. The van der Waals surface area contributed by atoms with Gasteiger partial charge < -0.3 is 50.8 Å². The maximum atomic E-state index is 13.5. The number of nitrogens with one attached hydrogen (secondary N) is 8. The molecule has 10 rings (SSSR count). The van der Waals surface area contributed by atoms with Crippen LogP contribution in [0.1, 0.15) is 85.1 Å². The first-order valence-electron chi connectivity index (χ1n) is 32.0. The zero-order valence-corrected chi connectivity index (χ0v) is 55.4. The highest BCUT2D eigenvalue weighted by Crippen LogP contribution is 2.43. The van der Waals surface area contributed by atoms with E-state index in [1.165, 1.54) is 0 Å². The summed E-state index contributed by atoms with van der Waals surface area (Å²) in [5, 5.41) is 38.9. The molecule has 0 aromatic heterocycles. The molecule has 2 aliphatic carbocycles. The Balaban J connectivity index is 0.525. The van der Waals surface area contributed by atoms with Crippen molar-refractivity contribution in [1.82, 2.24) is 60.9 Å². The number of amides is 4. The Morgan fingerprint density at radius 3 is 1.36 bits per heavy atom. The van der Waals surface area contributed by atoms with Gasteiger partial charge >= 0.3 is 12.1 Å². The summed E-state index contributed by atoms with van der Waals surface area (Å²) >= 11 is 12.9. The van der Waals surface area contributed by atoms with E-state index in [0.717, 1.165) is 61.5 Å². The second-order valence-corrected chi connectivity index (χ2v) is 28.9. The van der Waals surface area contributed by atoms with E-state index in [2.05, 4.69) is 86.9 Å². The molecule has 6 aliphatic rings. The highest BCUT2D eigenvalue weighted by atomic mass is 35.5. The first-order valence-corrected chi connectivity index (χ1v) is 35.8. The second-order valence-electron chi connectivity index (χ2n) is 24.6. The number of nitrogens with zero attached hydrogens (tertiary/aromatic N) is 6. The molecule has 4 fully saturated rings. The van der Waals surface area contributed by atoms with Crippen LogP contribution in [-0.2, 0) is 42.4 Å². The van der Waals surface area contributed by atoms with Crippen molar-refractivity contribution in [2.24, 2.45) is 0 Å². The van der Waals surface area contributed by atoms with E-state index in [-0.39, 0.29) is 58.2 Å². The average Bonchev–Trinajstić information content (AvgIpc) is 1.64. The van der Waals surface area contributed by atoms with Crippen LogP contribution >= 0.6 is 23.2 Å². The first-order chi connectivity index (χ1) is 44.4. The lowest BCUT2D eigenvalue weighted by molar-refractivity contribution is 0.0594. The third kappa shape index (κ3) is 18.5. The molecule has 8 N–H and O–H groups in total. The molecule has 498 valence electrons. The molecule has 4 heterocycles. The van der Waals surface area contributed by atoms with Crippen LogP contribution in [0.4, 0.5) is 9.59 Å². The molecular formula is C64H86Cl2N14O10S2. The molecule has 0 bridgehead atoms. The minimum absolute atomic E-state index is 0.0108. The monoisotopic (exact) mass is 1340 g/mol. The lowest BCUT2D eigenvalue weighted by Gasteiger charge is -2.38. The van der Waals surface area contributed by atoms with Gasteiger partial charge in [-0.2, -0.15) is 10.5 Å². The molecule has 0 unspecified atom stereocenters. The van der Waals surface area contributed by atoms with E-state index in [9.17, 15) is 36.9 Å². The minimum Gasteiger partial charge on any atom is -0.484 e. The van der Waals surface area contributed by atoms with Crippen molar-refractivity contribution >= 4 is 55.3 Å². The van der Waals surface area contributed by atoms with Crippen LogP contribution in [-0.4, -0.2) is 216 Å². The van der Waals surface area contributed by atoms with Crippen molar-refractivity contribution in [3.05, 3.63) is 116 Å². The van der Waals surface area contributed by atoms with Gasteiger partial charge in [-0.25, -0.2) is 35.9 Å². The smallest absolute Gasteiger partial charge is 0.314 e. The number of sulfonamides is 2. The molecule has 4 aromatic carbocycles. The molecule has 4 aliphatic heterocycles. The van der Waals surface area contributed by atoms with Crippen LogP contribution in [0.3, 0.4) is 0 Å². The van der Waals surface area contributed by atoms with E-state index >= 15 is 0 Å². The summed E-state index contributed by atoms with van der Waals surface area (Å²) in [6, 6.07) is 24.2. The molecule has 24 nitrogen and oxygen atoms in total. The van der Waals surface area contributed by atoms with Gasteiger partial charge in [-0.1, -0.05) is 23.2 Å². The summed E-state index contributed by atoms with van der Waals surface area (Å²) < 4.78 is 84.5. The number of halogens is 2. The predicted octanol–water partition coefficient (Wildman–Crippen LogP) is 4.23. The molecule has 4 saturated heterocycles. The van der Waals surface area contributed by atoms with Gasteiger partial charge in [-0.3, -0.25) is 19.6 Å². The zero-order chi connectivity index (χ0) is 64.8. The molecule has 92 heavy (non-hydrogen) atoms. The van der Waals surface area contributed by atoms with Crippen LogP contribution in [0, 0.1) is 22.7 Å². The zero-order valence-electron chi connectivity index (χ0n) is 52.3. The number of likely N-dealkylation sites (tertiary alicyclic amines) is 2. The second kappa shape index (κ2) is 32.5. The van der Waals surface area contributed by atoms with Crippen LogP contribution < -0.4 is 50.8 Å². The van der Waals surface area contributed by atoms with Crippen LogP contribution in [0.15, 0.2) is 82.6 Å². The van der Waals surface area contributed by atoms with Gasteiger partial charge in [0.25, 0.3) is 0 Å². The highest BCUT2D eigenvalue weighted by molar-refractivity contribution is 7.89. The van der Waals surface area contributed by atoms with Gasteiger partial charge in [-0.15, -0.1) is 0 Å². The SMILES string of the molecule is C[C@H]1CN([C@H]2Cc3c(C#N)cc(Cl)cc3[C@@H]2Oc2ccc(S(=O)(=O)N[C@@H]3CCN(CCOCCNC(=O)NCCCCNC(=O)NCCOCCN4CC[C@@H](NS(=O)(=O)c5ccc(O[C@H]6c7cc(Cl)cc(C#N)c7C[C@@H]6N6CCN[C@@H](C)C6)cc5)C4)C3)cc2)CCN1. The lowest BCUT2D eigenvalue weighted by atomic mass is 10.0. The Kier molecular flexibility index (Phi) is 24.3. The normalized spacial score (nSPS) is 23.7.